The van der Waals surface area contributed by atoms with Crippen molar-refractivity contribution in [2.75, 3.05) is 11.9 Å². The number of hydrogen-bond acceptors (Lipinski definition) is 3. The summed E-state index contributed by atoms with van der Waals surface area (Å²) in [6.07, 6.45) is 5.63. The molecule has 98 valence electrons. The van der Waals surface area contributed by atoms with Crippen molar-refractivity contribution in [3.05, 3.63) is 24.0 Å². The molecule has 0 saturated carbocycles. The average Bonchev–Trinajstić information content (AvgIpc) is 2.31. The van der Waals surface area contributed by atoms with Gasteiger partial charge in [-0.15, -0.1) is 0 Å². The van der Waals surface area contributed by atoms with E-state index in [2.05, 4.69) is 29.5 Å². The number of nitrogens with zero attached hydrogens (tertiary/aromatic N) is 1. The highest BCUT2D eigenvalue weighted by Crippen LogP contribution is 2.30. The molecule has 0 aromatic carbocycles. The number of aryl methyl sites for hydroxylation is 1. The van der Waals surface area contributed by atoms with Crippen molar-refractivity contribution in [1.29, 1.82) is 0 Å². The van der Waals surface area contributed by atoms with Gasteiger partial charge in [0, 0.05) is 6.20 Å². The molecule has 1 fully saturated rings. The van der Waals surface area contributed by atoms with Crippen LogP contribution in [0.3, 0.4) is 0 Å². The minimum absolute atomic E-state index is 0.00154. The fraction of sp³-hybridized carbons (Fsp3) is 0.571. The monoisotopic (exact) mass is 247 g/mol. The Labute approximate surface area is 108 Å². The van der Waals surface area contributed by atoms with Crippen molar-refractivity contribution >= 4 is 11.6 Å². The summed E-state index contributed by atoms with van der Waals surface area (Å²) in [4.78, 5) is 16.4. The van der Waals surface area contributed by atoms with E-state index in [1.807, 2.05) is 13.0 Å². The Balaban J connectivity index is 2.10. The zero-order valence-corrected chi connectivity index (χ0v) is 11.3. The molecule has 0 aliphatic carbocycles. The van der Waals surface area contributed by atoms with Gasteiger partial charge in [0.05, 0.1) is 17.9 Å². The number of aromatic nitrogens is 1. The molecule has 4 heteroatoms. The number of carbonyl (C=O) groups is 1. The van der Waals surface area contributed by atoms with Crippen molar-refractivity contribution in [2.45, 2.75) is 39.7 Å². The number of hydrogen-bond donors (Lipinski definition) is 2. The van der Waals surface area contributed by atoms with Crippen molar-refractivity contribution in [3.8, 4) is 0 Å². The molecular weight excluding hydrogens is 226 g/mol. The molecule has 1 atom stereocenters. The van der Waals surface area contributed by atoms with Crippen LogP contribution < -0.4 is 10.6 Å². The highest BCUT2D eigenvalue weighted by molar-refractivity contribution is 5.95. The Hall–Kier alpha value is -1.42. The van der Waals surface area contributed by atoms with Crippen molar-refractivity contribution in [2.24, 2.45) is 5.41 Å². The molecule has 0 spiro atoms. The third-order valence-electron chi connectivity index (χ3n) is 3.69. The summed E-state index contributed by atoms with van der Waals surface area (Å²) in [5, 5.41) is 6.29. The quantitative estimate of drug-likeness (QED) is 0.841. The highest BCUT2D eigenvalue weighted by atomic mass is 16.2. The van der Waals surface area contributed by atoms with Crippen LogP contribution in [-0.4, -0.2) is 23.5 Å². The summed E-state index contributed by atoms with van der Waals surface area (Å²) in [5.74, 6) is 0.0378. The lowest BCUT2D eigenvalue weighted by Crippen LogP contribution is -2.53. The van der Waals surface area contributed by atoms with E-state index in [9.17, 15) is 4.79 Å². The van der Waals surface area contributed by atoms with Gasteiger partial charge in [0.15, 0.2) is 0 Å². The third kappa shape index (κ3) is 2.70. The predicted octanol–water partition coefficient (Wildman–Crippen LogP) is 2.11. The first-order valence-electron chi connectivity index (χ1n) is 6.45. The third-order valence-corrected chi connectivity index (χ3v) is 3.69. The van der Waals surface area contributed by atoms with Gasteiger partial charge in [-0.2, -0.15) is 0 Å². The maximum atomic E-state index is 12.3. The van der Waals surface area contributed by atoms with E-state index in [0.29, 0.717) is 0 Å². The van der Waals surface area contributed by atoms with Gasteiger partial charge in [0.25, 0.3) is 0 Å². The van der Waals surface area contributed by atoms with Crippen LogP contribution in [0.5, 0.6) is 0 Å². The Morgan fingerprint density at radius 3 is 3.00 bits per heavy atom. The van der Waals surface area contributed by atoms with E-state index in [-0.39, 0.29) is 17.4 Å². The van der Waals surface area contributed by atoms with Crippen LogP contribution in [0.1, 0.15) is 32.3 Å². The molecule has 1 amide bonds. The summed E-state index contributed by atoms with van der Waals surface area (Å²) < 4.78 is 0. The van der Waals surface area contributed by atoms with Gasteiger partial charge >= 0.3 is 0 Å². The number of rotatable bonds is 2. The standard InChI is InChI=1S/C14H21N3O/c1-10-5-8-15-9-11(10)17-13(18)12-14(2,3)6-4-7-16-12/h5,8-9,12,16H,4,6-7H2,1-3H3,(H,17,18). The molecule has 1 aromatic rings. The molecule has 1 aromatic heterocycles. The van der Waals surface area contributed by atoms with Crippen LogP contribution in [0.15, 0.2) is 18.5 Å². The lowest BCUT2D eigenvalue weighted by atomic mass is 9.77. The van der Waals surface area contributed by atoms with E-state index in [1.165, 1.54) is 0 Å². The summed E-state index contributed by atoms with van der Waals surface area (Å²) in [7, 11) is 0. The second-order valence-corrected chi connectivity index (χ2v) is 5.66. The fourth-order valence-corrected chi connectivity index (χ4v) is 2.46. The first-order valence-corrected chi connectivity index (χ1v) is 6.45. The van der Waals surface area contributed by atoms with Crippen molar-refractivity contribution in [1.82, 2.24) is 10.3 Å². The van der Waals surface area contributed by atoms with Crippen LogP contribution in [-0.2, 0) is 4.79 Å². The zero-order chi connectivity index (χ0) is 13.2. The number of nitrogens with one attached hydrogen (secondary N) is 2. The van der Waals surface area contributed by atoms with Crippen molar-refractivity contribution < 1.29 is 4.79 Å². The summed E-state index contributed by atoms with van der Waals surface area (Å²) >= 11 is 0. The smallest absolute Gasteiger partial charge is 0.242 e. The number of anilines is 1. The number of pyridine rings is 1. The zero-order valence-electron chi connectivity index (χ0n) is 11.3. The Morgan fingerprint density at radius 1 is 1.56 bits per heavy atom. The number of piperidine rings is 1. The van der Waals surface area contributed by atoms with E-state index in [0.717, 1.165) is 30.6 Å². The molecule has 18 heavy (non-hydrogen) atoms. The lowest BCUT2D eigenvalue weighted by Gasteiger charge is -2.38. The molecule has 1 aliphatic heterocycles. The molecule has 0 bridgehead atoms. The predicted molar refractivity (Wildman–Crippen MR) is 72.4 cm³/mol. The van der Waals surface area contributed by atoms with Gasteiger partial charge < -0.3 is 10.6 Å². The Bertz CT molecular complexity index is 442. The molecule has 2 rings (SSSR count). The topological polar surface area (TPSA) is 54.0 Å². The lowest BCUT2D eigenvalue weighted by molar-refractivity contribution is -0.121. The van der Waals surface area contributed by atoms with Crippen LogP contribution >= 0.6 is 0 Å². The van der Waals surface area contributed by atoms with E-state index < -0.39 is 0 Å². The Morgan fingerprint density at radius 2 is 2.33 bits per heavy atom. The van der Waals surface area contributed by atoms with Crippen LogP contribution in [0, 0.1) is 12.3 Å². The van der Waals surface area contributed by atoms with Crippen LogP contribution in [0.2, 0.25) is 0 Å². The molecule has 4 nitrogen and oxygen atoms in total. The largest absolute Gasteiger partial charge is 0.323 e. The summed E-state index contributed by atoms with van der Waals surface area (Å²) in [6, 6.07) is 1.76. The first-order chi connectivity index (χ1) is 8.50. The van der Waals surface area contributed by atoms with E-state index >= 15 is 0 Å². The van der Waals surface area contributed by atoms with Crippen molar-refractivity contribution in [3.63, 3.8) is 0 Å². The maximum Gasteiger partial charge on any atom is 0.242 e. The molecule has 1 saturated heterocycles. The molecule has 1 aliphatic rings. The number of amides is 1. The van der Waals surface area contributed by atoms with Gasteiger partial charge in [-0.05, 0) is 43.4 Å². The van der Waals surface area contributed by atoms with Gasteiger partial charge in [0.1, 0.15) is 0 Å². The molecule has 2 heterocycles. The first kappa shape index (κ1) is 13.0. The van der Waals surface area contributed by atoms with Gasteiger partial charge in [-0.3, -0.25) is 9.78 Å². The second kappa shape index (κ2) is 5.06. The van der Waals surface area contributed by atoms with Crippen LogP contribution in [0.25, 0.3) is 0 Å². The molecule has 0 radical (unpaired) electrons. The number of carbonyl (C=O) groups excluding carboxylic acids is 1. The summed E-state index contributed by atoms with van der Waals surface area (Å²) in [5.41, 5.74) is 1.83. The van der Waals surface area contributed by atoms with Gasteiger partial charge in [-0.1, -0.05) is 13.8 Å². The second-order valence-electron chi connectivity index (χ2n) is 5.66. The average molecular weight is 247 g/mol. The highest BCUT2D eigenvalue weighted by Gasteiger charge is 2.37. The van der Waals surface area contributed by atoms with Crippen LogP contribution in [0.4, 0.5) is 5.69 Å². The van der Waals surface area contributed by atoms with E-state index in [4.69, 9.17) is 0 Å². The molecule has 1 unspecified atom stereocenters. The Kier molecular flexibility index (Phi) is 3.66. The molecular formula is C14H21N3O. The van der Waals surface area contributed by atoms with Gasteiger partial charge in [0.2, 0.25) is 5.91 Å². The summed E-state index contributed by atoms with van der Waals surface area (Å²) in [6.45, 7) is 7.16. The molecule has 2 N–H and O–H groups in total. The maximum absolute atomic E-state index is 12.3. The van der Waals surface area contributed by atoms with Gasteiger partial charge in [-0.25, -0.2) is 0 Å². The normalized spacial score (nSPS) is 22.5. The van der Waals surface area contributed by atoms with E-state index in [1.54, 1.807) is 12.4 Å². The minimum Gasteiger partial charge on any atom is -0.323 e. The minimum atomic E-state index is -0.133. The SMILES string of the molecule is Cc1ccncc1NC(=O)C1NCCCC1(C)C. The fourth-order valence-electron chi connectivity index (χ4n) is 2.46.